The highest BCUT2D eigenvalue weighted by Crippen LogP contribution is 2.40. The summed E-state index contributed by atoms with van der Waals surface area (Å²) >= 11 is 0. The third-order valence-corrected chi connectivity index (χ3v) is 4.31. The molecule has 0 atom stereocenters. The maximum atomic E-state index is 5.70. The SMILES string of the molecule is COc1cc(CNCc2ccccc2-n2ccnc2)cc2c1OCCO2. The molecular formula is C20H21N3O3. The van der Waals surface area contributed by atoms with Crippen molar-refractivity contribution in [2.75, 3.05) is 20.3 Å². The van der Waals surface area contributed by atoms with Gasteiger partial charge in [-0.05, 0) is 29.3 Å². The highest BCUT2D eigenvalue weighted by molar-refractivity contribution is 5.54. The van der Waals surface area contributed by atoms with E-state index in [2.05, 4.69) is 22.4 Å². The van der Waals surface area contributed by atoms with Gasteiger partial charge in [-0.25, -0.2) is 4.98 Å². The van der Waals surface area contributed by atoms with Crippen LogP contribution in [0.15, 0.2) is 55.1 Å². The number of nitrogens with zero attached hydrogens (tertiary/aromatic N) is 2. The van der Waals surface area contributed by atoms with Crippen molar-refractivity contribution >= 4 is 0 Å². The number of hydrogen-bond acceptors (Lipinski definition) is 5. The summed E-state index contributed by atoms with van der Waals surface area (Å²) in [6, 6.07) is 12.3. The van der Waals surface area contributed by atoms with E-state index in [1.807, 2.05) is 41.4 Å². The van der Waals surface area contributed by atoms with Crippen LogP contribution in [0.25, 0.3) is 5.69 Å². The zero-order valence-electron chi connectivity index (χ0n) is 14.6. The second-order valence-electron chi connectivity index (χ2n) is 6.02. The number of methoxy groups -OCH3 is 1. The Morgan fingerprint density at radius 2 is 2.04 bits per heavy atom. The van der Waals surface area contributed by atoms with Crippen LogP contribution in [0, 0.1) is 0 Å². The van der Waals surface area contributed by atoms with Crippen molar-refractivity contribution in [2.45, 2.75) is 13.1 Å². The Bertz CT molecular complexity index is 861. The fraction of sp³-hybridized carbons (Fsp3) is 0.250. The molecule has 0 saturated carbocycles. The highest BCUT2D eigenvalue weighted by atomic mass is 16.6. The molecule has 2 aromatic carbocycles. The van der Waals surface area contributed by atoms with Crippen molar-refractivity contribution < 1.29 is 14.2 Å². The summed E-state index contributed by atoms with van der Waals surface area (Å²) in [7, 11) is 1.64. The molecule has 6 heteroatoms. The van der Waals surface area contributed by atoms with Crippen LogP contribution >= 0.6 is 0 Å². The number of fused-ring (bicyclic) bond motifs is 1. The molecule has 0 fully saturated rings. The summed E-state index contributed by atoms with van der Waals surface area (Å²) in [4.78, 5) is 4.13. The zero-order chi connectivity index (χ0) is 17.8. The van der Waals surface area contributed by atoms with Gasteiger partial charge in [-0.3, -0.25) is 0 Å². The number of para-hydroxylation sites is 1. The maximum Gasteiger partial charge on any atom is 0.203 e. The van der Waals surface area contributed by atoms with Crippen LogP contribution in [0.3, 0.4) is 0 Å². The lowest BCUT2D eigenvalue weighted by Crippen LogP contribution is -2.18. The van der Waals surface area contributed by atoms with E-state index in [1.54, 1.807) is 13.3 Å². The van der Waals surface area contributed by atoms with E-state index in [9.17, 15) is 0 Å². The molecule has 0 aliphatic carbocycles. The third-order valence-electron chi connectivity index (χ3n) is 4.31. The quantitative estimate of drug-likeness (QED) is 0.740. The Labute approximate surface area is 152 Å². The van der Waals surface area contributed by atoms with Crippen molar-refractivity contribution in [3.8, 4) is 22.9 Å². The van der Waals surface area contributed by atoms with Crippen molar-refractivity contribution in [1.82, 2.24) is 14.9 Å². The molecule has 1 N–H and O–H groups in total. The van der Waals surface area contributed by atoms with Crippen LogP contribution in [-0.2, 0) is 13.1 Å². The molecular weight excluding hydrogens is 330 g/mol. The number of hydrogen-bond donors (Lipinski definition) is 1. The van der Waals surface area contributed by atoms with Crippen molar-refractivity contribution in [1.29, 1.82) is 0 Å². The van der Waals surface area contributed by atoms with Crippen LogP contribution < -0.4 is 19.5 Å². The topological polar surface area (TPSA) is 57.5 Å². The average Bonchev–Trinajstić information content (AvgIpc) is 3.22. The molecule has 0 unspecified atom stereocenters. The van der Waals surface area contributed by atoms with Crippen LogP contribution in [0.2, 0.25) is 0 Å². The standard InChI is InChI=1S/C20H21N3O3/c1-24-18-10-15(11-19-20(18)26-9-8-25-19)12-22-13-16-4-2-3-5-17(16)23-7-6-21-14-23/h2-7,10-11,14,22H,8-9,12-13H2,1H3. The first kappa shape index (κ1) is 16.5. The first-order valence-electron chi connectivity index (χ1n) is 8.58. The Balaban J connectivity index is 1.48. The normalized spacial score (nSPS) is 12.8. The van der Waals surface area contributed by atoms with E-state index in [4.69, 9.17) is 14.2 Å². The van der Waals surface area contributed by atoms with Gasteiger partial charge in [-0.2, -0.15) is 0 Å². The van der Waals surface area contributed by atoms with Crippen molar-refractivity contribution in [3.63, 3.8) is 0 Å². The molecule has 0 bridgehead atoms. The first-order valence-corrected chi connectivity index (χ1v) is 8.58. The Hall–Kier alpha value is -2.99. The summed E-state index contributed by atoms with van der Waals surface area (Å²) in [5.41, 5.74) is 3.42. The fourth-order valence-electron chi connectivity index (χ4n) is 3.08. The Kier molecular flexibility index (Phi) is 4.75. The molecule has 2 heterocycles. The summed E-state index contributed by atoms with van der Waals surface area (Å²) in [5.74, 6) is 2.14. The third kappa shape index (κ3) is 3.36. The number of imidazole rings is 1. The minimum Gasteiger partial charge on any atom is -0.493 e. The molecule has 134 valence electrons. The minimum absolute atomic E-state index is 0.548. The zero-order valence-corrected chi connectivity index (χ0v) is 14.6. The largest absolute Gasteiger partial charge is 0.493 e. The lowest BCUT2D eigenvalue weighted by atomic mass is 10.1. The lowest BCUT2D eigenvalue weighted by Gasteiger charge is -2.21. The molecule has 0 spiro atoms. The predicted octanol–water partition coefficient (Wildman–Crippen LogP) is 2.94. The number of aromatic nitrogens is 2. The van der Waals surface area contributed by atoms with Gasteiger partial charge in [0.2, 0.25) is 5.75 Å². The number of ether oxygens (including phenoxy) is 3. The van der Waals surface area contributed by atoms with Gasteiger partial charge in [0, 0.05) is 25.5 Å². The van der Waals surface area contributed by atoms with Crippen molar-refractivity contribution in [2.24, 2.45) is 0 Å². The second-order valence-corrected chi connectivity index (χ2v) is 6.02. The molecule has 1 aromatic heterocycles. The van der Waals surface area contributed by atoms with E-state index < -0.39 is 0 Å². The molecule has 6 nitrogen and oxygen atoms in total. The van der Waals surface area contributed by atoms with Gasteiger partial charge in [0.25, 0.3) is 0 Å². The maximum absolute atomic E-state index is 5.70. The summed E-state index contributed by atoms with van der Waals surface area (Å²) < 4.78 is 18.8. The monoisotopic (exact) mass is 351 g/mol. The molecule has 1 aliphatic rings. The van der Waals surface area contributed by atoms with Gasteiger partial charge < -0.3 is 24.1 Å². The highest BCUT2D eigenvalue weighted by Gasteiger charge is 2.18. The predicted molar refractivity (Wildman–Crippen MR) is 98.1 cm³/mol. The summed E-state index contributed by atoms with van der Waals surface area (Å²) in [6.45, 7) is 2.55. The van der Waals surface area contributed by atoms with Gasteiger partial charge in [-0.1, -0.05) is 18.2 Å². The van der Waals surface area contributed by atoms with Gasteiger partial charge in [0.05, 0.1) is 19.1 Å². The fourth-order valence-corrected chi connectivity index (χ4v) is 3.08. The molecule has 26 heavy (non-hydrogen) atoms. The van der Waals surface area contributed by atoms with Crippen LogP contribution in [-0.4, -0.2) is 29.9 Å². The Morgan fingerprint density at radius 3 is 2.88 bits per heavy atom. The van der Waals surface area contributed by atoms with Crippen LogP contribution in [0.5, 0.6) is 17.2 Å². The molecule has 3 aromatic rings. The van der Waals surface area contributed by atoms with E-state index in [0.29, 0.717) is 31.3 Å². The summed E-state index contributed by atoms with van der Waals surface area (Å²) in [5, 5.41) is 3.49. The molecule has 1 aliphatic heterocycles. The lowest BCUT2D eigenvalue weighted by molar-refractivity contribution is 0.165. The molecule has 0 saturated heterocycles. The van der Waals surface area contributed by atoms with E-state index >= 15 is 0 Å². The molecule has 0 radical (unpaired) electrons. The average molecular weight is 351 g/mol. The second kappa shape index (κ2) is 7.49. The van der Waals surface area contributed by atoms with Gasteiger partial charge in [0.15, 0.2) is 11.5 Å². The van der Waals surface area contributed by atoms with E-state index in [-0.39, 0.29) is 0 Å². The van der Waals surface area contributed by atoms with E-state index in [0.717, 1.165) is 23.5 Å². The van der Waals surface area contributed by atoms with Gasteiger partial charge in [0.1, 0.15) is 13.2 Å². The van der Waals surface area contributed by atoms with Crippen molar-refractivity contribution in [3.05, 3.63) is 66.2 Å². The van der Waals surface area contributed by atoms with Crippen LogP contribution in [0.4, 0.5) is 0 Å². The number of benzene rings is 2. The number of rotatable bonds is 6. The van der Waals surface area contributed by atoms with Crippen LogP contribution in [0.1, 0.15) is 11.1 Å². The Morgan fingerprint density at radius 1 is 1.15 bits per heavy atom. The summed E-state index contributed by atoms with van der Waals surface area (Å²) in [6.07, 6.45) is 5.54. The molecule has 4 rings (SSSR count). The minimum atomic E-state index is 0.548. The van der Waals surface area contributed by atoms with E-state index in [1.165, 1.54) is 5.56 Å². The smallest absolute Gasteiger partial charge is 0.203 e. The van der Waals surface area contributed by atoms with Gasteiger partial charge >= 0.3 is 0 Å². The molecule has 0 amide bonds. The number of nitrogens with one attached hydrogen (secondary N) is 1. The first-order chi connectivity index (χ1) is 12.8. The van der Waals surface area contributed by atoms with Gasteiger partial charge in [-0.15, -0.1) is 0 Å².